The molecule has 3 nitrogen and oxygen atoms in total. The lowest BCUT2D eigenvalue weighted by Gasteiger charge is -2.45. The zero-order valence-corrected chi connectivity index (χ0v) is 14.3. The van der Waals surface area contributed by atoms with Crippen LogP contribution in [0.4, 0.5) is 5.69 Å². The van der Waals surface area contributed by atoms with Gasteiger partial charge in [0.05, 0.1) is 10.7 Å². The van der Waals surface area contributed by atoms with Crippen LogP contribution >= 0.6 is 11.6 Å². The summed E-state index contributed by atoms with van der Waals surface area (Å²) >= 11 is 5.99. The van der Waals surface area contributed by atoms with Crippen molar-refractivity contribution in [1.82, 2.24) is 4.90 Å². The number of amides is 1. The first-order valence-electron chi connectivity index (χ1n) is 8.59. The Morgan fingerprint density at radius 3 is 2.83 bits per heavy atom. The molecule has 2 aliphatic rings. The summed E-state index contributed by atoms with van der Waals surface area (Å²) in [6, 6.07) is 14.2. The number of hydrogen-bond acceptors (Lipinski definition) is 2. The third-order valence-electron chi connectivity index (χ3n) is 5.45. The Labute approximate surface area is 147 Å². The first-order chi connectivity index (χ1) is 11.6. The summed E-state index contributed by atoms with van der Waals surface area (Å²) in [6.07, 6.45) is 4.29. The number of fused-ring (bicyclic) bond motifs is 3. The Balaban J connectivity index is 1.64. The van der Waals surface area contributed by atoms with Crippen molar-refractivity contribution in [3.8, 4) is 0 Å². The second-order valence-electron chi connectivity index (χ2n) is 6.79. The van der Waals surface area contributed by atoms with Gasteiger partial charge in [-0.3, -0.25) is 4.79 Å². The fraction of sp³-hybridized carbons (Fsp3) is 0.350. The van der Waals surface area contributed by atoms with Crippen molar-refractivity contribution in [1.29, 1.82) is 0 Å². The minimum absolute atomic E-state index is 0.0763. The Kier molecular flexibility index (Phi) is 3.97. The van der Waals surface area contributed by atoms with Gasteiger partial charge in [-0.1, -0.05) is 35.9 Å². The lowest BCUT2D eigenvalue weighted by Crippen LogP contribution is -2.49. The van der Waals surface area contributed by atoms with Crippen LogP contribution in [0.2, 0.25) is 5.02 Å². The van der Waals surface area contributed by atoms with E-state index in [1.807, 2.05) is 0 Å². The van der Waals surface area contributed by atoms with Crippen LogP contribution in [0.5, 0.6) is 0 Å². The van der Waals surface area contributed by atoms with E-state index in [1.54, 1.807) is 18.2 Å². The second-order valence-corrected chi connectivity index (χ2v) is 7.20. The average Bonchev–Trinajstić information content (AvgIpc) is 2.62. The van der Waals surface area contributed by atoms with Crippen molar-refractivity contribution < 1.29 is 4.79 Å². The molecule has 1 heterocycles. The maximum atomic E-state index is 13.1. The molecule has 1 fully saturated rings. The molecule has 0 radical (unpaired) electrons. The largest absolute Gasteiger partial charge is 0.398 e. The maximum Gasteiger partial charge on any atom is 0.254 e. The van der Waals surface area contributed by atoms with Crippen LogP contribution in [0, 0.1) is 0 Å². The smallest absolute Gasteiger partial charge is 0.254 e. The number of hydrogen-bond donors (Lipinski definition) is 1. The summed E-state index contributed by atoms with van der Waals surface area (Å²) in [4.78, 5) is 15.1. The van der Waals surface area contributed by atoms with Crippen molar-refractivity contribution in [3.63, 3.8) is 0 Å². The van der Waals surface area contributed by atoms with Crippen LogP contribution in [0.15, 0.2) is 42.5 Å². The molecule has 0 saturated carbocycles. The van der Waals surface area contributed by atoms with Gasteiger partial charge < -0.3 is 10.6 Å². The third kappa shape index (κ3) is 2.57. The van der Waals surface area contributed by atoms with E-state index < -0.39 is 0 Å². The highest BCUT2D eigenvalue weighted by Gasteiger charge is 2.38. The normalized spacial score (nSPS) is 22.6. The molecule has 2 atom stereocenters. The number of carbonyl (C=O) groups is 1. The van der Waals surface area contributed by atoms with E-state index in [1.165, 1.54) is 11.1 Å². The highest BCUT2D eigenvalue weighted by molar-refractivity contribution is 6.33. The van der Waals surface area contributed by atoms with E-state index in [2.05, 4.69) is 29.2 Å². The molecule has 124 valence electrons. The van der Waals surface area contributed by atoms with Gasteiger partial charge in [0.15, 0.2) is 0 Å². The van der Waals surface area contributed by atoms with Gasteiger partial charge in [0.2, 0.25) is 0 Å². The number of aryl methyl sites for hydroxylation is 1. The lowest BCUT2D eigenvalue weighted by molar-refractivity contribution is 0.0547. The highest BCUT2D eigenvalue weighted by atomic mass is 35.5. The van der Waals surface area contributed by atoms with Crippen LogP contribution in [-0.4, -0.2) is 23.4 Å². The molecule has 2 aromatic rings. The van der Waals surface area contributed by atoms with Crippen molar-refractivity contribution in [2.45, 2.75) is 37.6 Å². The zero-order valence-electron chi connectivity index (χ0n) is 13.5. The number of piperidine rings is 1. The lowest BCUT2D eigenvalue weighted by atomic mass is 9.74. The number of nitrogen functional groups attached to an aromatic ring is 1. The van der Waals surface area contributed by atoms with Crippen molar-refractivity contribution in [2.24, 2.45) is 0 Å². The average molecular weight is 341 g/mol. The van der Waals surface area contributed by atoms with Gasteiger partial charge in [0.25, 0.3) is 5.91 Å². The Morgan fingerprint density at radius 1 is 1.17 bits per heavy atom. The minimum atomic E-state index is 0.0763. The van der Waals surface area contributed by atoms with Crippen LogP contribution in [0.25, 0.3) is 0 Å². The van der Waals surface area contributed by atoms with Gasteiger partial charge >= 0.3 is 0 Å². The quantitative estimate of drug-likeness (QED) is 0.788. The fourth-order valence-electron chi connectivity index (χ4n) is 4.30. The molecule has 4 rings (SSSR count). The summed E-state index contributed by atoms with van der Waals surface area (Å²) < 4.78 is 0. The molecule has 0 aromatic heterocycles. The van der Waals surface area contributed by atoms with Gasteiger partial charge in [-0.25, -0.2) is 0 Å². The number of benzene rings is 2. The minimum Gasteiger partial charge on any atom is -0.398 e. The molecule has 0 bridgehead atoms. The highest BCUT2D eigenvalue weighted by Crippen LogP contribution is 2.41. The second kappa shape index (κ2) is 6.14. The molecule has 2 aromatic carbocycles. The Bertz CT molecular complexity index is 789. The van der Waals surface area contributed by atoms with E-state index in [4.69, 9.17) is 17.3 Å². The van der Waals surface area contributed by atoms with Gasteiger partial charge in [-0.2, -0.15) is 0 Å². The SMILES string of the molecule is Nc1cc(C(=O)N2CCC[C@@H]3c4ccccc4CC[C@@H]32)ccc1Cl. The van der Waals surface area contributed by atoms with Crippen LogP contribution < -0.4 is 5.73 Å². The number of rotatable bonds is 1. The number of halogens is 1. The molecule has 2 N–H and O–H groups in total. The summed E-state index contributed by atoms with van der Waals surface area (Å²) in [7, 11) is 0. The molecule has 1 aliphatic carbocycles. The molecule has 24 heavy (non-hydrogen) atoms. The molecule has 4 heteroatoms. The predicted octanol–water partition coefficient (Wildman–Crippen LogP) is 4.26. The number of nitrogens with two attached hydrogens (primary N) is 1. The van der Waals surface area contributed by atoms with Gasteiger partial charge in [0, 0.05) is 24.1 Å². The summed E-state index contributed by atoms with van der Waals surface area (Å²) in [5.74, 6) is 0.532. The van der Waals surface area contributed by atoms with Crippen molar-refractivity contribution >= 4 is 23.2 Å². The van der Waals surface area contributed by atoms with Crippen LogP contribution in [0.3, 0.4) is 0 Å². The molecular weight excluding hydrogens is 320 g/mol. The molecule has 1 amide bonds. The first kappa shape index (κ1) is 15.5. The summed E-state index contributed by atoms with van der Waals surface area (Å²) in [5.41, 5.74) is 9.86. The Hall–Kier alpha value is -2.00. The molecule has 1 aliphatic heterocycles. The van der Waals surface area contributed by atoms with Crippen LogP contribution in [0.1, 0.15) is 46.7 Å². The maximum absolute atomic E-state index is 13.1. The number of nitrogens with zero attached hydrogens (tertiary/aromatic N) is 1. The van der Waals surface area contributed by atoms with E-state index in [0.717, 1.165) is 32.2 Å². The summed E-state index contributed by atoms with van der Waals surface area (Å²) in [6.45, 7) is 0.824. The monoisotopic (exact) mass is 340 g/mol. The number of carbonyl (C=O) groups excluding carboxylic acids is 1. The van der Waals surface area contributed by atoms with Gasteiger partial charge in [-0.15, -0.1) is 0 Å². The Morgan fingerprint density at radius 2 is 2.00 bits per heavy atom. The number of likely N-dealkylation sites (tertiary alicyclic amines) is 1. The van der Waals surface area contributed by atoms with Crippen LogP contribution in [-0.2, 0) is 6.42 Å². The molecular formula is C20H21ClN2O. The summed E-state index contributed by atoms with van der Waals surface area (Å²) in [5, 5.41) is 0.495. The van der Waals surface area contributed by atoms with Crippen molar-refractivity contribution in [3.05, 3.63) is 64.2 Å². The first-order valence-corrected chi connectivity index (χ1v) is 8.97. The zero-order chi connectivity index (χ0) is 16.7. The fourth-order valence-corrected chi connectivity index (χ4v) is 4.42. The van der Waals surface area contributed by atoms with E-state index in [9.17, 15) is 4.79 Å². The van der Waals surface area contributed by atoms with E-state index in [-0.39, 0.29) is 11.9 Å². The molecule has 1 saturated heterocycles. The topological polar surface area (TPSA) is 46.3 Å². The van der Waals surface area contributed by atoms with Gasteiger partial charge in [0.1, 0.15) is 0 Å². The standard InChI is InChI=1S/C20H21ClN2O/c21-17-9-7-14(12-18(17)22)20(24)23-11-3-6-16-15-5-2-1-4-13(15)8-10-19(16)23/h1-2,4-5,7,9,12,16,19H,3,6,8,10-11,22H2/t16-,19+/m1/s1. The third-order valence-corrected chi connectivity index (χ3v) is 5.79. The van der Waals surface area contributed by atoms with E-state index in [0.29, 0.717) is 22.2 Å². The predicted molar refractivity (Wildman–Crippen MR) is 97.4 cm³/mol. The number of anilines is 1. The van der Waals surface area contributed by atoms with Crippen molar-refractivity contribution in [2.75, 3.05) is 12.3 Å². The van der Waals surface area contributed by atoms with E-state index >= 15 is 0 Å². The molecule has 0 unspecified atom stereocenters. The van der Waals surface area contributed by atoms with Gasteiger partial charge in [-0.05, 0) is 55.0 Å². The molecule has 0 spiro atoms.